The zero-order chi connectivity index (χ0) is 22.0. The van der Waals surface area contributed by atoms with E-state index in [9.17, 15) is 0 Å². The highest BCUT2D eigenvalue weighted by atomic mass is 35.7. The van der Waals surface area contributed by atoms with Gasteiger partial charge in [0.05, 0.1) is 19.6 Å². The summed E-state index contributed by atoms with van der Waals surface area (Å²) < 4.78 is 34.0. The molecule has 0 saturated heterocycles. The van der Waals surface area contributed by atoms with E-state index in [4.69, 9.17) is 23.5 Å². The third kappa shape index (κ3) is 7.87. The SMILES string of the molecule is CC[NH+](CC)CCCON=c1c2ccccc2ccc2ccccc12.[O-][Cl+3]([O-])([O-])[O-]. The van der Waals surface area contributed by atoms with Gasteiger partial charge in [-0.2, -0.15) is 0 Å². The van der Waals surface area contributed by atoms with Crippen LogP contribution in [0.15, 0.2) is 65.8 Å². The predicted octanol–water partition coefficient (Wildman–Crippen LogP) is -1.62. The lowest BCUT2D eigenvalue weighted by molar-refractivity contribution is -2.00. The van der Waals surface area contributed by atoms with Crippen molar-refractivity contribution in [2.75, 3.05) is 26.2 Å². The number of nitrogens with zero attached hydrogens (tertiary/aromatic N) is 1. The van der Waals surface area contributed by atoms with Crippen LogP contribution < -0.4 is 28.9 Å². The molecule has 3 aromatic rings. The smallest absolute Gasteiger partial charge is 0.122 e. The van der Waals surface area contributed by atoms with Crippen molar-refractivity contribution in [2.45, 2.75) is 20.3 Å². The van der Waals surface area contributed by atoms with Gasteiger partial charge in [0.25, 0.3) is 0 Å². The summed E-state index contributed by atoms with van der Waals surface area (Å²) in [7, 11) is -4.94. The summed E-state index contributed by atoms with van der Waals surface area (Å²) >= 11 is 0. The summed E-state index contributed by atoms with van der Waals surface area (Å²) in [5.74, 6) is 0. The van der Waals surface area contributed by atoms with Gasteiger partial charge in [0.2, 0.25) is 0 Å². The first kappa shape index (κ1) is 24.0. The van der Waals surface area contributed by atoms with Gasteiger partial charge in [0.15, 0.2) is 0 Å². The van der Waals surface area contributed by atoms with Crippen molar-refractivity contribution >= 4 is 21.5 Å². The second-order valence-electron chi connectivity index (χ2n) is 6.72. The molecule has 0 aliphatic heterocycles. The van der Waals surface area contributed by atoms with Gasteiger partial charge < -0.3 is 9.74 Å². The van der Waals surface area contributed by atoms with Crippen LogP contribution in [0.5, 0.6) is 0 Å². The summed E-state index contributed by atoms with van der Waals surface area (Å²) in [5, 5.41) is 10.1. The van der Waals surface area contributed by atoms with E-state index in [0.717, 1.165) is 42.2 Å². The number of quaternary nitrogens is 1. The number of halogens is 1. The maximum Gasteiger partial charge on any atom is 0.122 e. The highest BCUT2D eigenvalue weighted by molar-refractivity contribution is 5.92. The Labute approximate surface area is 178 Å². The number of hydrogen-bond donors (Lipinski definition) is 1. The fraction of sp³-hybridized carbons (Fsp3) is 0.318. The maximum atomic E-state index is 8.49. The van der Waals surface area contributed by atoms with Crippen molar-refractivity contribution in [1.82, 2.24) is 0 Å². The van der Waals surface area contributed by atoms with E-state index >= 15 is 0 Å². The highest BCUT2D eigenvalue weighted by Crippen LogP contribution is 2.15. The van der Waals surface area contributed by atoms with Crippen LogP contribution in [0.4, 0.5) is 0 Å². The van der Waals surface area contributed by atoms with E-state index in [-0.39, 0.29) is 0 Å². The van der Waals surface area contributed by atoms with Gasteiger partial charge >= 0.3 is 0 Å². The normalized spacial score (nSPS) is 11.3. The Kier molecular flexibility index (Phi) is 9.45. The Balaban J connectivity index is 0.000000575. The molecule has 3 aromatic carbocycles. The molecular weight excluding hydrogens is 408 g/mol. The number of rotatable bonds is 7. The van der Waals surface area contributed by atoms with Gasteiger partial charge in [-0.15, -0.1) is 10.2 Å². The summed E-state index contributed by atoms with van der Waals surface area (Å²) in [4.78, 5) is 7.33. The van der Waals surface area contributed by atoms with Crippen molar-refractivity contribution in [2.24, 2.45) is 5.16 Å². The van der Waals surface area contributed by atoms with E-state index in [0.29, 0.717) is 6.61 Å². The first-order valence-corrected chi connectivity index (χ1v) is 11.1. The molecule has 0 radical (unpaired) electrons. The van der Waals surface area contributed by atoms with Crippen LogP contribution in [0.3, 0.4) is 0 Å². The van der Waals surface area contributed by atoms with Crippen molar-refractivity contribution in [1.29, 1.82) is 0 Å². The summed E-state index contributed by atoms with van der Waals surface area (Å²) in [6.45, 7) is 8.57. The largest absolute Gasteiger partial charge is 0.395 e. The minimum absolute atomic E-state index is 0.658. The molecule has 7 nitrogen and oxygen atoms in total. The molecule has 162 valence electrons. The molecule has 1 N–H and O–H groups in total. The Morgan fingerprint density at radius 1 is 0.800 bits per heavy atom. The van der Waals surface area contributed by atoms with Crippen molar-refractivity contribution in [3.8, 4) is 0 Å². The molecular formula is C22H27ClN2O5. The average molecular weight is 435 g/mol. The van der Waals surface area contributed by atoms with Crippen LogP contribution in [0.25, 0.3) is 21.5 Å². The van der Waals surface area contributed by atoms with E-state index < -0.39 is 10.2 Å². The third-order valence-electron chi connectivity index (χ3n) is 4.80. The van der Waals surface area contributed by atoms with E-state index in [2.05, 4.69) is 79.7 Å². The fourth-order valence-corrected chi connectivity index (χ4v) is 3.24. The Morgan fingerprint density at radius 2 is 1.27 bits per heavy atom. The number of nitrogens with one attached hydrogen (secondary N) is 1. The Morgan fingerprint density at radius 3 is 1.73 bits per heavy atom. The first-order valence-electron chi connectivity index (χ1n) is 9.85. The molecule has 0 fully saturated rings. The molecule has 0 atom stereocenters. The quantitative estimate of drug-likeness (QED) is 0.354. The molecule has 0 amide bonds. The molecule has 3 rings (SSSR count). The monoisotopic (exact) mass is 434 g/mol. The minimum Gasteiger partial charge on any atom is -0.395 e. The molecule has 0 aliphatic carbocycles. The van der Waals surface area contributed by atoms with Crippen LogP contribution in [-0.2, 0) is 4.84 Å². The highest BCUT2D eigenvalue weighted by Gasteiger charge is 2.03. The lowest BCUT2D eigenvalue weighted by Crippen LogP contribution is -3.11. The standard InChI is InChI=1S/C22H26N2O.ClHO4/c1-3-24(4-2)16-9-17-25-23-22-20-12-7-5-10-18(20)14-15-19-11-6-8-13-21(19)22;2-1(3,4)5/h5-8,10-15H,3-4,9,16-17H2,1-2H3;(H,2,3,4,5). The van der Waals surface area contributed by atoms with Crippen LogP contribution in [-0.4, -0.2) is 26.2 Å². The summed E-state index contributed by atoms with van der Waals surface area (Å²) in [5.41, 5.74) is 0. The van der Waals surface area contributed by atoms with Crippen LogP contribution in [0.2, 0.25) is 0 Å². The fourth-order valence-electron chi connectivity index (χ4n) is 3.24. The van der Waals surface area contributed by atoms with Gasteiger partial charge in [-0.05, 0) is 24.6 Å². The molecule has 0 unspecified atom stereocenters. The zero-order valence-electron chi connectivity index (χ0n) is 17.2. The third-order valence-corrected chi connectivity index (χ3v) is 4.80. The number of benzene rings is 2. The van der Waals surface area contributed by atoms with Crippen LogP contribution >= 0.6 is 0 Å². The first-order chi connectivity index (χ1) is 14.3. The minimum atomic E-state index is -4.94. The molecule has 0 aliphatic rings. The Bertz CT molecular complexity index is 936. The summed E-state index contributed by atoms with van der Waals surface area (Å²) in [6, 6.07) is 21.0. The van der Waals surface area contributed by atoms with E-state index in [1.54, 1.807) is 4.90 Å². The molecule has 0 bridgehead atoms. The second kappa shape index (κ2) is 11.8. The molecule has 0 spiro atoms. The predicted molar refractivity (Wildman–Crippen MR) is 104 cm³/mol. The molecule has 8 heteroatoms. The molecule has 30 heavy (non-hydrogen) atoms. The lowest BCUT2D eigenvalue weighted by atomic mass is 10.1. The van der Waals surface area contributed by atoms with Crippen LogP contribution in [0.1, 0.15) is 20.3 Å². The second-order valence-corrected chi connectivity index (χ2v) is 7.48. The number of hydrogen-bond acceptors (Lipinski definition) is 6. The molecule has 0 heterocycles. The lowest BCUT2D eigenvalue weighted by Gasteiger charge is -2.17. The zero-order valence-corrected chi connectivity index (χ0v) is 17.9. The maximum absolute atomic E-state index is 8.49. The van der Waals surface area contributed by atoms with Gasteiger partial charge in [0.1, 0.15) is 12.0 Å². The van der Waals surface area contributed by atoms with Crippen molar-refractivity contribution in [3.63, 3.8) is 0 Å². The van der Waals surface area contributed by atoms with Crippen LogP contribution in [0, 0.1) is 10.2 Å². The van der Waals surface area contributed by atoms with Crippen molar-refractivity contribution in [3.05, 3.63) is 66.0 Å². The van der Waals surface area contributed by atoms with Gasteiger partial charge in [0, 0.05) is 17.2 Å². The Hall–Kier alpha value is -2.26. The van der Waals surface area contributed by atoms with E-state index in [1.807, 2.05) is 0 Å². The van der Waals surface area contributed by atoms with Gasteiger partial charge in [-0.25, -0.2) is 18.6 Å². The average Bonchev–Trinajstić information content (AvgIpc) is 2.87. The molecule has 0 aromatic heterocycles. The van der Waals surface area contributed by atoms with Gasteiger partial charge in [-0.3, -0.25) is 0 Å². The summed E-state index contributed by atoms with van der Waals surface area (Å²) in [6.07, 6.45) is 1.02. The van der Waals surface area contributed by atoms with Gasteiger partial charge in [-0.1, -0.05) is 65.8 Å². The van der Waals surface area contributed by atoms with Crippen molar-refractivity contribution < 1.29 is 38.6 Å². The topological polar surface area (TPSA) is 118 Å². The number of fused-ring (bicyclic) bond motifs is 2. The molecule has 0 saturated carbocycles. The van der Waals surface area contributed by atoms with E-state index in [1.165, 1.54) is 10.8 Å².